The van der Waals surface area contributed by atoms with Gasteiger partial charge in [0.15, 0.2) is 5.76 Å². The highest BCUT2D eigenvalue weighted by molar-refractivity contribution is 7.89. The molecular formula is C20H21ClN4O4S. The predicted octanol–water partition coefficient (Wildman–Crippen LogP) is 3.04. The van der Waals surface area contributed by atoms with Crippen LogP contribution in [0.5, 0.6) is 0 Å². The minimum Gasteiger partial charge on any atom is -0.442 e. The summed E-state index contributed by atoms with van der Waals surface area (Å²) in [6.07, 6.45) is 2.80. The number of nitrogens with one attached hydrogen (secondary N) is 2. The van der Waals surface area contributed by atoms with E-state index in [9.17, 15) is 13.2 Å². The molecule has 3 heterocycles. The number of furan rings is 1. The van der Waals surface area contributed by atoms with Crippen molar-refractivity contribution in [1.82, 2.24) is 19.8 Å². The molecule has 3 aromatic rings. The van der Waals surface area contributed by atoms with Crippen LogP contribution in [-0.4, -0.2) is 41.9 Å². The van der Waals surface area contributed by atoms with E-state index in [2.05, 4.69) is 15.5 Å². The lowest BCUT2D eigenvalue weighted by Crippen LogP contribution is -2.45. The van der Waals surface area contributed by atoms with E-state index < -0.39 is 15.9 Å². The Balaban J connectivity index is 1.41. The van der Waals surface area contributed by atoms with E-state index in [-0.39, 0.29) is 17.5 Å². The Kier molecular flexibility index (Phi) is 5.94. The number of sulfonamides is 1. The highest BCUT2D eigenvalue weighted by atomic mass is 35.5. The number of hydrogen-bond donors (Lipinski definition) is 2. The number of carbonyl (C=O) groups excluding carboxylic acids is 1. The Morgan fingerprint density at radius 2 is 2.03 bits per heavy atom. The Morgan fingerprint density at radius 1 is 1.23 bits per heavy atom. The minimum atomic E-state index is -3.83. The molecule has 1 aliphatic rings. The molecular weight excluding hydrogens is 428 g/mol. The Bertz CT molecular complexity index is 1110. The topological polar surface area (TPSA) is 108 Å². The van der Waals surface area contributed by atoms with Gasteiger partial charge < -0.3 is 9.73 Å². The second-order valence-electron chi connectivity index (χ2n) is 7.14. The molecule has 0 aliphatic carbocycles. The normalized spacial score (nSPS) is 17.7. The quantitative estimate of drug-likeness (QED) is 0.602. The third kappa shape index (κ3) is 4.43. The van der Waals surface area contributed by atoms with Crippen molar-refractivity contribution in [2.24, 2.45) is 5.92 Å². The first kappa shape index (κ1) is 20.6. The van der Waals surface area contributed by atoms with E-state index >= 15 is 0 Å². The average molecular weight is 449 g/mol. The molecule has 4 rings (SSSR count). The van der Waals surface area contributed by atoms with Crippen molar-refractivity contribution < 1.29 is 17.6 Å². The molecule has 0 radical (unpaired) electrons. The number of benzene rings is 1. The van der Waals surface area contributed by atoms with Crippen molar-refractivity contribution in [2.45, 2.75) is 24.5 Å². The first-order valence-electron chi connectivity index (χ1n) is 9.55. The number of aromatic amines is 1. The molecule has 1 aromatic carbocycles. The second kappa shape index (κ2) is 8.63. The average Bonchev–Trinajstić information content (AvgIpc) is 3.45. The zero-order valence-electron chi connectivity index (χ0n) is 16.0. The maximum Gasteiger partial charge on any atom is 0.276 e. The fourth-order valence-corrected chi connectivity index (χ4v) is 5.00. The summed E-state index contributed by atoms with van der Waals surface area (Å²) in [4.78, 5) is 12.6. The van der Waals surface area contributed by atoms with Crippen LogP contribution in [0.3, 0.4) is 0 Å². The first-order chi connectivity index (χ1) is 14.4. The lowest BCUT2D eigenvalue weighted by atomic mass is 9.99. The summed E-state index contributed by atoms with van der Waals surface area (Å²) in [5.74, 6) is -0.189. The fraction of sp³-hybridized carbons (Fsp3) is 0.300. The monoisotopic (exact) mass is 448 g/mol. The van der Waals surface area contributed by atoms with Crippen LogP contribution in [-0.2, 0) is 21.4 Å². The van der Waals surface area contributed by atoms with Crippen LogP contribution in [0, 0.1) is 5.92 Å². The van der Waals surface area contributed by atoms with Crippen LogP contribution in [0.15, 0.2) is 58.2 Å². The van der Waals surface area contributed by atoms with Crippen molar-refractivity contribution >= 4 is 27.5 Å². The molecule has 30 heavy (non-hydrogen) atoms. The van der Waals surface area contributed by atoms with Crippen molar-refractivity contribution in [2.75, 3.05) is 13.1 Å². The number of halogens is 1. The number of piperidine rings is 1. The number of nitrogens with zero attached hydrogens (tertiary/aromatic N) is 2. The van der Waals surface area contributed by atoms with E-state index in [1.54, 1.807) is 30.5 Å². The van der Waals surface area contributed by atoms with Gasteiger partial charge in [0.25, 0.3) is 10.0 Å². The zero-order valence-corrected chi connectivity index (χ0v) is 17.6. The van der Waals surface area contributed by atoms with Crippen molar-refractivity contribution in [3.63, 3.8) is 0 Å². The molecule has 8 nitrogen and oxygen atoms in total. The Labute approximate surface area is 179 Å². The van der Waals surface area contributed by atoms with Gasteiger partial charge in [-0.05, 0) is 48.7 Å². The number of H-pyrrole nitrogens is 1. The number of carbonyl (C=O) groups is 1. The van der Waals surface area contributed by atoms with Crippen LogP contribution >= 0.6 is 11.6 Å². The number of aromatic nitrogens is 2. The van der Waals surface area contributed by atoms with Crippen LogP contribution < -0.4 is 5.32 Å². The molecule has 10 heteroatoms. The zero-order chi connectivity index (χ0) is 21.1. The molecule has 1 atom stereocenters. The molecule has 0 saturated carbocycles. The van der Waals surface area contributed by atoms with Crippen LogP contribution in [0.1, 0.15) is 18.4 Å². The number of rotatable bonds is 6. The first-order valence-corrected chi connectivity index (χ1v) is 11.4. The van der Waals surface area contributed by atoms with Crippen molar-refractivity contribution in [3.8, 4) is 11.5 Å². The van der Waals surface area contributed by atoms with Crippen LogP contribution in [0.2, 0.25) is 5.02 Å². The molecule has 1 fully saturated rings. The lowest BCUT2D eigenvalue weighted by Gasteiger charge is -2.30. The standard InChI is InChI=1S/C20H21ClN4O4S/c21-16-5-3-14(4-6-16)12-22-20(26)15-2-1-11-25(13-15)30(27,28)19-8-7-18(29-19)17-9-10-23-24-17/h3-10,15H,1-2,11-13H2,(H,22,26)(H,23,24)/t15-/m1/s1. The van der Waals surface area contributed by atoms with E-state index in [0.29, 0.717) is 42.4 Å². The highest BCUT2D eigenvalue weighted by Crippen LogP contribution is 2.28. The fourth-order valence-electron chi connectivity index (χ4n) is 3.43. The Hall–Kier alpha value is -2.62. The summed E-state index contributed by atoms with van der Waals surface area (Å²) in [5, 5.41) is 9.95. The molecule has 2 aromatic heterocycles. The lowest BCUT2D eigenvalue weighted by molar-refractivity contribution is -0.126. The molecule has 2 N–H and O–H groups in total. The third-order valence-corrected chi connectivity index (χ3v) is 7.07. The summed E-state index contributed by atoms with van der Waals surface area (Å²) in [6.45, 7) is 0.837. The van der Waals surface area contributed by atoms with Gasteiger partial charge in [0, 0.05) is 30.9 Å². The minimum absolute atomic E-state index is 0.120. The summed E-state index contributed by atoms with van der Waals surface area (Å²) >= 11 is 5.87. The van der Waals surface area contributed by atoms with Gasteiger partial charge in [0.2, 0.25) is 11.0 Å². The molecule has 0 bridgehead atoms. The van der Waals surface area contributed by atoms with Gasteiger partial charge in [-0.3, -0.25) is 9.89 Å². The van der Waals surface area contributed by atoms with Crippen molar-refractivity contribution in [1.29, 1.82) is 0 Å². The van der Waals surface area contributed by atoms with E-state index in [4.69, 9.17) is 16.0 Å². The number of amides is 1. The molecule has 1 amide bonds. The van der Waals surface area contributed by atoms with E-state index in [1.165, 1.54) is 10.4 Å². The molecule has 158 valence electrons. The van der Waals surface area contributed by atoms with E-state index in [1.807, 2.05) is 12.1 Å². The molecule has 0 unspecified atom stereocenters. The summed E-state index contributed by atoms with van der Waals surface area (Å²) in [6, 6.07) is 11.9. The van der Waals surface area contributed by atoms with Gasteiger partial charge in [-0.15, -0.1) is 0 Å². The number of hydrogen-bond acceptors (Lipinski definition) is 5. The Morgan fingerprint density at radius 3 is 2.77 bits per heavy atom. The molecule has 1 aliphatic heterocycles. The van der Waals surface area contributed by atoms with Crippen LogP contribution in [0.4, 0.5) is 0 Å². The summed E-state index contributed by atoms with van der Waals surface area (Å²) in [7, 11) is -3.83. The van der Waals surface area contributed by atoms with Gasteiger partial charge >= 0.3 is 0 Å². The van der Waals surface area contributed by atoms with Gasteiger partial charge in [0.1, 0.15) is 5.69 Å². The van der Waals surface area contributed by atoms with Crippen molar-refractivity contribution in [3.05, 3.63) is 59.2 Å². The van der Waals surface area contributed by atoms with E-state index in [0.717, 1.165) is 5.56 Å². The van der Waals surface area contributed by atoms with Crippen LogP contribution in [0.25, 0.3) is 11.5 Å². The summed E-state index contributed by atoms with van der Waals surface area (Å²) in [5.41, 5.74) is 1.52. The largest absolute Gasteiger partial charge is 0.442 e. The van der Waals surface area contributed by atoms with Gasteiger partial charge in [-0.1, -0.05) is 23.7 Å². The van der Waals surface area contributed by atoms with Gasteiger partial charge in [-0.25, -0.2) is 8.42 Å². The predicted molar refractivity (Wildman–Crippen MR) is 111 cm³/mol. The highest BCUT2D eigenvalue weighted by Gasteiger charge is 2.35. The molecule has 1 saturated heterocycles. The maximum absolute atomic E-state index is 13.0. The smallest absolute Gasteiger partial charge is 0.276 e. The SMILES string of the molecule is O=C(NCc1ccc(Cl)cc1)[C@@H]1CCCN(S(=O)(=O)c2ccc(-c3ccn[nH]3)o2)C1. The van der Waals surface area contributed by atoms with Gasteiger partial charge in [0.05, 0.1) is 5.92 Å². The third-order valence-electron chi connectivity index (χ3n) is 5.08. The van der Waals surface area contributed by atoms with Gasteiger partial charge in [-0.2, -0.15) is 9.40 Å². The summed E-state index contributed by atoms with van der Waals surface area (Å²) < 4.78 is 32.9. The molecule has 0 spiro atoms. The maximum atomic E-state index is 13.0. The second-order valence-corrected chi connectivity index (χ2v) is 9.44.